The minimum atomic E-state index is -4.35. The number of rotatable bonds is 6. The van der Waals surface area contributed by atoms with E-state index in [0.29, 0.717) is 24.2 Å². The van der Waals surface area contributed by atoms with E-state index < -0.39 is 12.8 Å². The molecule has 5 nitrogen and oxygen atoms in total. The van der Waals surface area contributed by atoms with Gasteiger partial charge in [0.1, 0.15) is 6.61 Å². The summed E-state index contributed by atoms with van der Waals surface area (Å²) in [6.45, 7) is -0.127. The predicted octanol–water partition coefficient (Wildman–Crippen LogP) is 2.90. The van der Waals surface area contributed by atoms with Crippen molar-refractivity contribution in [3.8, 4) is 0 Å². The number of carbonyl (C=O) groups excluding carboxylic acids is 2. The van der Waals surface area contributed by atoms with Gasteiger partial charge < -0.3 is 15.0 Å². The molecule has 1 aromatic carbocycles. The van der Waals surface area contributed by atoms with Crippen molar-refractivity contribution >= 4 is 11.8 Å². The van der Waals surface area contributed by atoms with Crippen molar-refractivity contribution in [2.75, 3.05) is 19.7 Å². The second kappa shape index (κ2) is 8.29. The zero-order valence-electron chi connectivity index (χ0n) is 14.9. The van der Waals surface area contributed by atoms with Crippen LogP contribution in [0.4, 0.5) is 13.2 Å². The molecule has 1 saturated heterocycles. The third-order valence-electron chi connectivity index (χ3n) is 4.82. The third kappa shape index (κ3) is 5.95. The Labute approximate surface area is 155 Å². The van der Waals surface area contributed by atoms with Gasteiger partial charge in [0.2, 0.25) is 5.91 Å². The quantitative estimate of drug-likeness (QED) is 0.821. The molecule has 2 amide bonds. The summed E-state index contributed by atoms with van der Waals surface area (Å²) in [5.74, 6) is 0.239. The molecule has 0 aromatic heterocycles. The Balaban J connectivity index is 1.42. The van der Waals surface area contributed by atoms with E-state index in [-0.39, 0.29) is 30.4 Å². The number of amides is 2. The molecule has 8 heteroatoms. The molecule has 1 aliphatic carbocycles. The van der Waals surface area contributed by atoms with Gasteiger partial charge in [-0.25, -0.2) is 0 Å². The lowest BCUT2D eigenvalue weighted by Crippen LogP contribution is -2.47. The Hall–Kier alpha value is -2.09. The molecular weight excluding hydrogens is 361 g/mol. The summed E-state index contributed by atoms with van der Waals surface area (Å²) in [6, 6.07) is 6.35. The van der Waals surface area contributed by atoms with E-state index in [0.717, 1.165) is 25.7 Å². The van der Waals surface area contributed by atoms with Gasteiger partial charge >= 0.3 is 6.18 Å². The number of carbonyl (C=O) groups is 2. The molecule has 0 spiro atoms. The lowest BCUT2D eigenvalue weighted by atomic mass is 10.0. The Morgan fingerprint density at radius 1 is 1.07 bits per heavy atom. The van der Waals surface area contributed by atoms with Gasteiger partial charge in [0.15, 0.2) is 0 Å². The first-order valence-electron chi connectivity index (χ1n) is 9.15. The first-order valence-corrected chi connectivity index (χ1v) is 9.15. The summed E-state index contributed by atoms with van der Waals surface area (Å²) in [7, 11) is 0. The highest BCUT2D eigenvalue weighted by Crippen LogP contribution is 2.31. The number of hydrogen-bond acceptors (Lipinski definition) is 3. The topological polar surface area (TPSA) is 58.6 Å². The number of nitrogens with one attached hydrogen (secondary N) is 1. The van der Waals surface area contributed by atoms with Gasteiger partial charge in [0.25, 0.3) is 5.91 Å². The van der Waals surface area contributed by atoms with E-state index in [2.05, 4.69) is 10.1 Å². The fourth-order valence-electron chi connectivity index (χ4n) is 3.14. The Kier molecular flexibility index (Phi) is 6.04. The molecule has 27 heavy (non-hydrogen) atoms. The number of ether oxygens (including phenoxy) is 1. The number of piperidine rings is 1. The number of nitrogens with zero attached hydrogens (tertiary/aromatic N) is 1. The largest absolute Gasteiger partial charge is 0.411 e. The first kappa shape index (κ1) is 19.7. The normalized spacial score (nSPS) is 18.4. The summed E-state index contributed by atoms with van der Waals surface area (Å²) < 4.78 is 40.8. The molecule has 2 fully saturated rings. The van der Waals surface area contributed by atoms with Crippen molar-refractivity contribution in [3.05, 3.63) is 35.4 Å². The van der Waals surface area contributed by atoms with Crippen LogP contribution in [0, 0.1) is 5.92 Å². The highest BCUT2D eigenvalue weighted by Gasteiger charge is 2.35. The maximum absolute atomic E-state index is 12.3. The third-order valence-corrected chi connectivity index (χ3v) is 4.82. The summed E-state index contributed by atoms with van der Waals surface area (Å²) in [6.07, 6.45) is -0.903. The van der Waals surface area contributed by atoms with Crippen LogP contribution in [0.15, 0.2) is 24.3 Å². The van der Waals surface area contributed by atoms with Gasteiger partial charge in [-0.3, -0.25) is 9.59 Å². The average molecular weight is 384 g/mol. The standard InChI is InChI=1S/C19H23F3N2O3/c20-19(21,22)12-27-11-13-1-3-14(4-2-13)17(25)23-16-7-9-24(10-8-16)18(26)15-5-6-15/h1-4,15-16H,5-12H2,(H,23,25). The van der Waals surface area contributed by atoms with E-state index >= 15 is 0 Å². The minimum Gasteiger partial charge on any atom is -0.367 e. The van der Waals surface area contributed by atoms with Gasteiger partial charge in [-0.05, 0) is 43.4 Å². The van der Waals surface area contributed by atoms with E-state index in [1.807, 2.05) is 4.90 Å². The van der Waals surface area contributed by atoms with Crippen LogP contribution in [0.3, 0.4) is 0 Å². The highest BCUT2D eigenvalue weighted by molar-refractivity contribution is 5.94. The molecule has 2 aliphatic rings. The zero-order valence-corrected chi connectivity index (χ0v) is 14.9. The SMILES string of the molecule is O=C(NC1CCN(C(=O)C2CC2)CC1)c1ccc(COCC(F)(F)F)cc1. The zero-order chi connectivity index (χ0) is 19.4. The van der Waals surface area contributed by atoms with Gasteiger partial charge in [-0.2, -0.15) is 13.2 Å². The van der Waals surface area contributed by atoms with E-state index in [9.17, 15) is 22.8 Å². The summed E-state index contributed by atoms with van der Waals surface area (Å²) in [5.41, 5.74) is 1.02. The average Bonchev–Trinajstić information content (AvgIpc) is 3.46. The maximum atomic E-state index is 12.3. The van der Waals surface area contributed by atoms with Crippen LogP contribution in [0.25, 0.3) is 0 Å². The molecule has 0 bridgehead atoms. The van der Waals surface area contributed by atoms with Crippen molar-refractivity contribution in [3.63, 3.8) is 0 Å². The van der Waals surface area contributed by atoms with Crippen LogP contribution in [-0.4, -0.2) is 48.6 Å². The number of alkyl halides is 3. The molecular formula is C19H23F3N2O3. The molecule has 0 unspecified atom stereocenters. The van der Waals surface area contributed by atoms with Gasteiger partial charge in [-0.15, -0.1) is 0 Å². The number of benzene rings is 1. The number of hydrogen-bond donors (Lipinski definition) is 1. The van der Waals surface area contributed by atoms with Gasteiger partial charge in [-0.1, -0.05) is 12.1 Å². The van der Waals surface area contributed by atoms with Crippen LogP contribution < -0.4 is 5.32 Å². The summed E-state index contributed by atoms with van der Waals surface area (Å²) >= 11 is 0. The highest BCUT2D eigenvalue weighted by atomic mass is 19.4. The number of likely N-dealkylation sites (tertiary alicyclic amines) is 1. The number of halogens is 3. The van der Waals surface area contributed by atoms with Crippen molar-refractivity contribution in [2.45, 2.75) is 44.5 Å². The van der Waals surface area contributed by atoms with Crippen LogP contribution in [0.5, 0.6) is 0 Å². The lowest BCUT2D eigenvalue weighted by Gasteiger charge is -2.32. The van der Waals surface area contributed by atoms with E-state index in [1.54, 1.807) is 24.3 Å². The second-order valence-electron chi connectivity index (χ2n) is 7.15. The first-order chi connectivity index (χ1) is 12.8. The second-order valence-corrected chi connectivity index (χ2v) is 7.15. The molecule has 0 radical (unpaired) electrons. The maximum Gasteiger partial charge on any atom is 0.411 e. The van der Waals surface area contributed by atoms with Crippen molar-refractivity contribution in [1.29, 1.82) is 0 Å². The Morgan fingerprint density at radius 3 is 2.26 bits per heavy atom. The Morgan fingerprint density at radius 2 is 1.70 bits per heavy atom. The smallest absolute Gasteiger partial charge is 0.367 e. The van der Waals surface area contributed by atoms with Crippen LogP contribution in [0.1, 0.15) is 41.6 Å². The molecule has 0 atom stereocenters. The van der Waals surface area contributed by atoms with Crippen molar-refractivity contribution in [1.82, 2.24) is 10.2 Å². The van der Waals surface area contributed by atoms with E-state index in [1.165, 1.54) is 0 Å². The van der Waals surface area contributed by atoms with Crippen molar-refractivity contribution < 1.29 is 27.5 Å². The fourth-order valence-corrected chi connectivity index (χ4v) is 3.14. The van der Waals surface area contributed by atoms with Crippen LogP contribution >= 0.6 is 0 Å². The molecule has 1 saturated carbocycles. The van der Waals surface area contributed by atoms with Gasteiger partial charge in [0.05, 0.1) is 6.61 Å². The van der Waals surface area contributed by atoms with Crippen molar-refractivity contribution in [2.24, 2.45) is 5.92 Å². The molecule has 1 aromatic rings. The fraction of sp³-hybridized carbons (Fsp3) is 0.579. The molecule has 148 valence electrons. The molecule has 1 N–H and O–H groups in total. The minimum absolute atomic E-state index is 0.0237. The molecule has 3 rings (SSSR count). The van der Waals surface area contributed by atoms with E-state index in [4.69, 9.17) is 0 Å². The lowest BCUT2D eigenvalue weighted by molar-refractivity contribution is -0.176. The summed E-state index contributed by atoms with van der Waals surface area (Å²) in [4.78, 5) is 26.3. The Bertz CT molecular complexity index is 664. The monoisotopic (exact) mass is 384 g/mol. The molecule has 1 heterocycles. The summed E-state index contributed by atoms with van der Waals surface area (Å²) in [5, 5.41) is 2.97. The van der Waals surface area contributed by atoms with Crippen LogP contribution in [-0.2, 0) is 16.1 Å². The predicted molar refractivity (Wildman–Crippen MR) is 91.9 cm³/mol. The molecule has 1 aliphatic heterocycles. The van der Waals surface area contributed by atoms with Gasteiger partial charge in [0, 0.05) is 30.6 Å². The van der Waals surface area contributed by atoms with Crippen LogP contribution in [0.2, 0.25) is 0 Å².